The molecule has 5 heterocycles. The van der Waals surface area contributed by atoms with Gasteiger partial charge < -0.3 is 24.3 Å². The Balaban J connectivity index is 1.36. The molecule has 4 aromatic rings. The average Bonchev–Trinajstić information content (AvgIpc) is 3.30. The van der Waals surface area contributed by atoms with Crippen LogP contribution < -0.4 is 10.1 Å². The van der Waals surface area contributed by atoms with Crippen LogP contribution in [0.1, 0.15) is 21.6 Å². The molecule has 0 aliphatic carbocycles. The normalized spacial score (nSPS) is 15.7. The average molecular weight is 538 g/mol. The maximum absolute atomic E-state index is 13.0. The van der Waals surface area contributed by atoms with Gasteiger partial charge in [-0.25, -0.2) is 15.0 Å². The molecular weight excluding hydrogens is 517 g/mol. The fourth-order valence-corrected chi connectivity index (χ4v) is 3.99. The van der Waals surface area contributed by atoms with Crippen LogP contribution >= 0.6 is 0 Å². The number of aromatic nitrogens is 5. The van der Waals surface area contributed by atoms with Gasteiger partial charge in [-0.3, -0.25) is 4.79 Å². The first kappa shape index (κ1) is 25.9. The fraction of sp³-hybridized carbons (Fsp3) is 0.280. The summed E-state index contributed by atoms with van der Waals surface area (Å²) in [5.74, 6) is 0.458. The van der Waals surface area contributed by atoms with E-state index < -0.39 is 24.7 Å². The Labute approximate surface area is 219 Å². The Morgan fingerprint density at radius 3 is 2.74 bits per heavy atom. The molecule has 1 N–H and O–H groups in total. The largest absolute Gasteiger partial charge is 0.437 e. The van der Waals surface area contributed by atoms with E-state index in [-0.39, 0.29) is 30.3 Å². The number of carbonyl (C=O) groups is 1. The summed E-state index contributed by atoms with van der Waals surface area (Å²) in [7, 11) is 1.78. The number of halogens is 3. The molecule has 0 saturated carbocycles. The van der Waals surface area contributed by atoms with Crippen LogP contribution in [-0.4, -0.2) is 67.3 Å². The molecule has 200 valence electrons. The standard InChI is InChI=1S/C25H21F3N8O3/c1-14-7-16(9-29)30-11-18(14)39-21-8-17(22-23(34-21)35(2)13-32-22)33-20-4-3-15(10-31-20)24(37)36-5-6-38-19(12-36)25(26,27)28/h3-4,7-8,10-11,13,19H,5-6,12H2,1-2H3,(H,31,33,34). The molecule has 0 radical (unpaired) electrons. The van der Waals surface area contributed by atoms with Gasteiger partial charge >= 0.3 is 6.18 Å². The molecule has 14 heteroatoms. The number of nitrogens with one attached hydrogen (secondary N) is 1. The van der Waals surface area contributed by atoms with Crippen LogP contribution in [0.15, 0.2) is 43.0 Å². The monoisotopic (exact) mass is 538 g/mol. The van der Waals surface area contributed by atoms with Crippen molar-refractivity contribution in [2.75, 3.05) is 25.0 Å². The van der Waals surface area contributed by atoms with Gasteiger partial charge in [0.05, 0.1) is 36.9 Å². The van der Waals surface area contributed by atoms with Gasteiger partial charge in [-0.1, -0.05) is 0 Å². The summed E-state index contributed by atoms with van der Waals surface area (Å²) in [6.45, 7) is 1.06. The quantitative estimate of drug-likeness (QED) is 0.402. The highest BCUT2D eigenvalue weighted by atomic mass is 19.4. The number of imidazole rings is 1. The third-order valence-electron chi connectivity index (χ3n) is 6.03. The van der Waals surface area contributed by atoms with Gasteiger partial charge in [0.25, 0.3) is 5.91 Å². The molecule has 1 aliphatic rings. The van der Waals surface area contributed by atoms with Crippen LogP contribution in [0.3, 0.4) is 0 Å². The predicted molar refractivity (Wildman–Crippen MR) is 131 cm³/mol. The number of hydrogen-bond donors (Lipinski definition) is 1. The Bertz CT molecular complexity index is 1580. The Morgan fingerprint density at radius 2 is 2.05 bits per heavy atom. The number of morpholine rings is 1. The molecule has 11 nitrogen and oxygen atoms in total. The van der Waals surface area contributed by atoms with E-state index in [0.29, 0.717) is 34.0 Å². The van der Waals surface area contributed by atoms with E-state index in [9.17, 15) is 18.0 Å². The molecule has 1 saturated heterocycles. The molecule has 1 atom stereocenters. The molecular formula is C25H21F3N8O3. The van der Waals surface area contributed by atoms with Crippen molar-refractivity contribution in [2.45, 2.75) is 19.2 Å². The van der Waals surface area contributed by atoms with Crippen LogP contribution in [0, 0.1) is 18.3 Å². The van der Waals surface area contributed by atoms with Crippen LogP contribution in [0.25, 0.3) is 11.2 Å². The van der Waals surface area contributed by atoms with Crippen LogP contribution in [0.5, 0.6) is 11.6 Å². The van der Waals surface area contributed by atoms with Crippen molar-refractivity contribution in [1.29, 1.82) is 5.26 Å². The van der Waals surface area contributed by atoms with Crippen molar-refractivity contribution >= 4 is 28.6 Å². The zero-order chi connectivity index (χ0) is 27.7. The van der Waals surface area contributed by atoms with Crippen molar-refractivity contribution < 1.29 is 27.4 Å². The molecule has 1 unspecified atom stereocenters. The second-order valence-corrected chi connectivity index (χ2v) is 8.79. The minimum atomic E-state index is -4.55. The van der Waals surface area contributed by atoms with Crippen LogP contribution in [0.4, 0.5) is 24.7 Å². The molecule has 39 heavy (non-hydrogen) atoms. The number of ether oxygens (including phenoxy) is 2. The zero-order valence-corrected chi connectivity index (χ0v) is 20.7. The van der Waals surface area contributed by atoms with Gasteiger partial charge in [0.2, 0.25) is 5.88 Å². The Morgan fingerprint density at radius 1 is 1.23 bits per heavy atom. The molecule has 4 aromatic heterocycles. The van der Waals surface area contributed by atoms with Crippen LogP contribution in [0.2, 0.25) is 0 Å². The maximum Gasteiger partial charge on any atom is 0.416 e. The second kappa shape index (κ2) is 10.2. The summed E-state index contributed by atoms with van der Waals surface area (Å²) in [6.07, 6.45) is -2.24. The molecule has 1 amide bonds. The lowest BCUT2D eigenvalue weighted by molar-refractivity contribution is -0.233. The predicted octanol–water partition coefficient (Wildman–Crippen LogP) is 3.88. The van der Waals surface area contributed by atoms with Gasteiger partial charge in [0, 0.05) is 25.9 Å². The number of amides is 1. The number of hydrogen-bond acceptors (Lipinski definition) is 9. The first-order valence-electron chi connectivity index (χ1n) is 11.7. The second-order valence-electron chi connectivity index (χ2n) is 8.79. The molecule has 1 fully saturated rings. The third-order valence-corrected chi connectivity index (χ3v) is 6.03. The first-order chi connectivity index (χ1) is 18.6. The number of fused-ring (bicyclic) bond motifs is 1. The number of nitriles is 1. The number of nitrogens with zero attached hydrogens (tertiary/aromatic N) is 7. The van der Waals surface area contributed by atoms with E-state index in [1.165, 1.54) is 18.5 Å². The summed E-state index contributed by atoms with van der Waals surface area (Å²) in [5.41, 5.74) is 2.68. The molecule has 0 spiro atoms. The Hall–Kier alpha value is -4.77. The number of alkyl halides is 3. The minimum Gasteiger partial charge on any atom is -0.437 e. The fourth-order valence-electron chi connectivity index (χ4n) is 3.99. The lowest BCUT2D eigenvalue weighted by atomic mass is 10.2. The Kier molecular flexibility index (Phi) is 6.75. The highest BCUT2D eigenvalue weighted by molar-refractivity contribution is 5.94. The summed E-state index contributed by atoms with van der Waals surface area (Å²) < 4.78 is 51.5. The summed E-state index contributed by atoms with van der Waals surface area (Å²) in [4.78, 5) is 31.1. The van der Waals surface area contributed by atoms with Gasteiger partial charge in [-0.05, 0) is 30.7 Å². The summed E-state index contributed by atoms with van der Waals surface area (Å²) >= 11 is 0. The van der Waals surface area contributed by atoms with Crippen molar-refractivity contribution in [3.63, 3.8) is 0 Å². The van der Waals surface area contributed by atoms with Crippen molar-refractivity contribution in [1.82, 2.24) is 29.4 Å². The van der Waals surface area contributed by atoms with Gasteiger partial charge in [0.1, 0.15) is 23.1 Å². The SMILES string of the molecule is Cc1cc(C#N)ncc1Oc1cc(Nc2ccc(C(=O)N3CCOC(C(F)(F)F)C3)cn2)c2ncn(C)c2n1. The van der Waals surface area contributed by atoms with Crippen molar-refractivity contribution in [3.05, 3.63) is 59.8 Å². The molecule has 0 bridgehead atoms. The van der Waals surface area contributed by atoms with E-state index >= 15 is 0 Å². The van der Waals surface area contributed by atoms with Gasteiger partial charge in [-0.15, -0.1) is 0 Å². The lowest BCUT2D eigenvalue weighted by Gasteiger charge is -2.33. The number of pyridine rings is 3. The lowest BCUT2D eigenvalue weighted by Crippen LogP contribution is -2.51. The van der Waals surface area contributed by atoms with E-state index in [1.54, 1.807) is 43.1 Å². The summed E-state index contributed by atoms with van der Waals surface area (Å²) in [5, 5.41) is 12.2. The highest BCUT2D eigenvalue weighted by Gasteiger charge is 2.44. The number of anilines is 2. The van der Waals surface area contributed by atoms with Crippen molar-refractivity contribution in [3.8, 4) is 17.7 Å². The van der Waals surface area contributed by atoms with E-state index in [0.717, 1.165) is 4.90 Å². The van der Waals surface area contributed by atoms with Gasteiger partial charge in [0.15, 0.2) is 17.5 Å². The van der Waals surface area contributed by atoms with E-state index in [1.807, 2.05) is 6.07 Å². The molecule has 0 aromatic carbocycles. The zero-order valence-electron chi connectivity index (χ0n) is 20.7. The van der Waals surface area contributed by atoms with Gasteiger partial charge in [-0.2, -0.15) is 23.4 Å². The van der Waals surface area contributed by atoms with Crippen molar-refractivity contribution in [2.24, 2.45) is 7.05 Å². The third kappa shape index (κ3) is 5.43. The number of carbonyl (C=O) groups excluding carboxylic acids is 1. The number of rotatable bonds is 5. The number of aryl methyl sites for hydroxylation is 2. The first-order valence-corrected chi connectivity index (χ1v) is 11.7. The smallest absolute Gasteiger partial charge is 0.416 e. The molecule has 1 aliphatic heterocycles. The summed E-state index contributed by atoms with van der Waals surface area (Å²) in [6, 6.07) is 8.22. The molecule has 5 rings (SSSR count). The van der Waals surface area contributed by atoms with E-state index in [4.69, 9.17) is 14.7 Å². The van der Waals surface area contributed by atoms with Crippen LogP contribution in [-0.2, 0) is 11.8 Å². The van der Waals surface area contributed by atoms with E-state index in [2.05, 4.69) is 25.3 Å². The minimum absolute atomic E-state index is 0.0527. The maximum atomic E-state index is 13.0. The highest BCUT2D eigenvalue weighted by Crippen LogP contribution is 2.31. The topological polar surface area (TPSA) is 131 Å².